The average Bonchev–Trinajstić information content (AvgIpc) is 2.78. The topological polar surface area (TPSA) is 55.1 Å². The second-order valence-electron chi connectivity index (χ2n) is 4.91. The molecule has 0 spiro atoms. The first-order valence-electron chi connectivity index (χ1n) is 6.47. The van der Waals surface area contributed by atoms with Gasteiger partial charge in [-0.1, -0.05) is 19.8 Å². The maximum Gasteiger partial charge on any atom is 0.251 e. The Morgan fingerprint density at radius 3 is 2.94 bits per heavy atom. The number of halogens is 1. The molecule has 1 saturated carbocycles. The van der Waals surface area contributed by atoms with E-state index in [1.54, 1.807) is 6.07 Å². The summed E-state index contributed by atoms with van der Waals surface area (Å²) in [6.45, 7) is 2.18. The number of anilines is 1. The van der Waals surface area contributed by atoms with Crippen molar-refractivity contribution in [1.82, 2.24) is 0 Å². The third-order valence-electron chi connectivity index (χ3n) is 3.77. The predicted octanol–water partition coefficient (Wildman–Crippen LogP) is 2.92. The molecule has 98 valence electrons. The monoisotopic (exact) mass is 250 g/mol. The molecule has 0 bridgehead atoms. The standard InChI is InChI=1S/C14H19FN2O/c1-2-9-4-3-5-13(9)17-10-6-7-12(15)11(8-10)14(16)18/h6-9,13,17H,2-5H2,1H3,(H2,16,18). The van der Waals surface area contributed by atoms with Crippen molar-refractivity contribution in [2.45, 2.75) is 38.6 Å². The van der Waals surface area contributed by atoms with Crippen molar-refractivity contribution in [3.8, 4) is 0 Å². The van der Waals surface area contributed by atoms with E-state index in [0.29, 0.717) is 12.0 Å². The van der Waals surface area contributed by atoms with Crippen molar-refractivity contribution in [2.24, 2.45) is 11.7 Å². The van der Waals surface area contributed by atoms with Crippen LogP contribution in [0.2, 0.25) is 0 Å². The second kappa shape index (κ2) is 5.38. The van der Waals surface area contributed by atoms with Crippen LogP contribution in [-0.2, 0) is 0 Å². The van der Waals surface area contributed by atoms with E-state index in [0.717, 1.165) is 18.5 Å². The molecule has 3 nitrogen and oxygen atoms in total. The number of benzene rings is 1. The molecule has 0 radical (unpaired) electrons. The molecule has 1 aromatic carbocycles. The smallest absolute Gasteiger partial charge is 0.251 e. The molecular weight excluding hydrogens is 231 g/mol. The summed E-state index contributed by atoms with van der Waals surface area (Å²) in [7, 11) is 0. The molecule has 2 unspecified atom stereocenters. The summed E-state index contributed by atoms with van der Waals surface area (Å²) < 4.78 is 13.3. The maximum absolute atomic E-state index is 13.3. The molecule has 0 saturated heterocycles. The highest BCUT2D eigenvalue weighted by molar-refractivity contribution is 5.94. The minimum Gasteiger partial charge on any atom is -0.382 e. The number of hydrogen-bond donors (Lipinski definition) is 2. The van der Waals surface area contributed by atoms with Crippen LogP contribution in [0, 0.1) is 11.7 Å². The van der Waals surface area contributed by atoms with Crippen LogP contribution in [-0.4, -0.2) is 11.9 Å². The minimum atomic E-state index is -0.727. The first-order valence-corrected chi connectivity index (χ1v) is 6.47. The van der Waals surface area contributed by atoms with E-state index in [2.05, 4.69) is 12.2 Å². The minimum absolute atomic E-state index is 0.0500. The van der Waals surface area contributed by atoms with E-state index in [-0.39, 0.29) is 5.56 Å². The lowest BCUT2D eigenvalue weighted by Crippen LogP contribution is -2.24. The summed E-state index contributed by atoms with van der Waals surface area (Å²) in [5.41, 5.74) is 5.86. The number of hydrogen-bond acceptors (Lipinski definition) is 2. The van der Waals surface area contributed by atoms with Gasteiger partial charge in [0.15, 0.2) is 0 Å². The molecule has 1 aromatic rings. The zero-order valence-electron chi connectivity index (χ0n) is 10.6. The Morgan fingerprint density at radius 1 is 1.50 bits per heavy atom. The van der Waals surface area contributed by atoms with E-state index in [4.69, 9.17) is 5.73 Å². The van der Waals surface area contributed by atoms with Gasteiger partial charge in [0.05, 0.1) is 5.56 Å². The first-order chi connectivity index (χ1) is 8.61. The number of carbonyl (C=O) groups is 1. The molecule has 0 heterocycles. The van der Waals surface area contributed by atoms with Crippen LogP contribution in [0.4, 0.5) is 10.1 Å². The van der Waals surface area contributed by atoms with Gasteiger partial charge in [-0.05, 0) is 37.0 Å². The molecule has 1 aliphatic carbocycles. The molecule has 2 atom stereocenters. The van der Waals surface area contributed by atoms with Gasteiger partial charge >= 0.3 is 0 Å². The van der Waals surface area contributed by atoms with Crippen molar-refractivity contribution < 1.29 is 9.18 Å². The van der Waals surface area contributed by atoms with Gasteiger partial charge < -0.3 is 11.1 Å². The Kier molecular flexibility index (Phi) is 3.84. The number of nitrogens with one attached hydrogen (secondary N) is 1. The molecule has 1 aliphatic rings. The van der Waals surface area contributed by atoms with Gasteiger partial charge in [0.25, 0.3) is 5.91 Å². The van der Waals surface area contributed by atoms with E-state index in [1.165, 1.54) is 25.0 Å². The largest absolute Gasteiger partial charge is 0.382 e. The maximum atomic E-state index is 13.3. The molecule has 1 fully saturated rings. The normalized spacial score (nSPS) is 23.0. The van der Waals surface area contributed by atoms with Gasteiger partial charge in [-0.15, -0.1) is 0 Å². The Labute approximate surface area is 107 Å². The molecule has 4 heteroatoms. The van der Waals surface area contributed by atoms with Crippen molar-refractivity contribution >= 4 is 11.6 Å². The summed E-state index contributed by atoms with van der Waals surface area (Å²) in [5.74, 6) is -0.631. The summed E-state index contributed by atoms with van der Waals surface area (Å²) in [5, 5.41) is 3.39. The van der Waals surface area contributed by atoms with E-state index < -0.39 is 11.7 Å². The molecule has 0 aliphatic heterocycles. The third-order valence-corrected chi connectivity index (χ3v) is 3.77. The van der Waals surface area contributed by atoms with Gasteiger partial charge in [0.2, 0.25) is 0 Å². The SMILES string of the molecule is CCC1CCCC1Nc1ccc(F)c(C(N)=O)c1. The van der Waals surface area contributed by atoms with Crippen molar-refractivity contribution in [2.75, 3.05) is 5.32 Å². The Bertz CT molecular complexity index is 447. The Balaban J connectivity index is 2.14. The summed E-state index contributed by atoms with van der Waals surface area (Å²) in [6, 6.07) is 4.87. The fourth-order valence-corrected chi connectivity index (χ4v) is 2.73. The van der Waals surface area contributed by atoms with E-state index in [9.17, 15) is 9.18 Å². The number of nitrogens with two attached hydrogens (primary N) is 1. The molecule has 1 amide bonds. The van der Waals surface area contributed by atoms with Crippen molar-refractivity contribution in [3.63, 3.8) is 0 Å². The fraction of sp³-hybridized carbons (Fsp3) is 0.500. The highest BCUT2D eigenvalue weighted by Crippen LogP contribution is 2.31. The van der Waals surface area contributed by atoms with Gasteiger partial charge in [-0.2, -0.15) is 0 Å². The van der Waals surface area contributed by atoms with Crippen LogP contribution in [0.15, 0.2) is 18.2 Å². The Hall–Kier alpha value is -1.58. The van der Waals surface area contributed by atoms with Crippen molar-refractivity contribution in [1.29, 1.82) is 0 Å². The molecule has 2 rings (SSSR count). The van der Waals surface area contributed by atoms with Crippen LogP contribution in [0.1, 0.15) is 43.0 Å². The number of carbonyl (C=O) groups excluding carboxylic acids is 1. The highest BCUT2D eigenvalue weighted by Gasteiger charge is 2.25. The third kappa shape index (κ3) is 2.63. The van der Waals surface area contributed by atoms with Crippen LogP contribution in [0.3, 0.4) is 0 Å². The molecule has 0 aromatic heterocycles. The van der Waals surface area contributed by atoms with Gasteiger partial charge in [-0.3, -0.25) is 4.79 Å². The summed E-state index contributed by atoms with van der Waals surface area (Å²) in [4.78, 5) is 11.1. The fourth-order valence-electron chi connectivity index (χ4n) is 2.73. The van der Waals surface area contributed by atoms with Crippen molar-refractivity contribution in [3.05, 3.63) is 29.6 Å². The Morgan fingerprint density at radius 2 is 2.28 bits per heavy atom. The second-order valence-corrected chi connectivity index (χ2v) is 4.91. The van der Waals surface area contributed by atoms with Gasteiger partial charge in [0, 0.05) is 11.7 Å². The zero-order valence-corrected chi connectivity index (χ0v) is 10.6. The van der Waals surface area contributed by atoms with Crippen LogP contribution in [0.5, 0.6) is 0 Å². The van der Waals surface area contributed by atoms with Crippen LogP contribution < -0.4 is 11.1 Å². The molecular formula is C14H19FN2O. The molecule has 3 N–H and O–H groups in total. The summed E-state index contributed by atoms with van der Waals surface area (Å²) in [6.07, 6.45) is 4.72. The lowest BCUT2D eigenvalue weighted by atomic mass is 10.0. The van der Waals surface area contributed by atoms with E-state index >= 15 is 0 Å². The quantitative estimate of drug-likeness (QED) is 0.863. The average molecular weight is 250 g/mol. The lowest BCUT2D eigenvalue weighted by molar-refractivity contribution is 0.0996. The molecule has 18 heavy (non-hydrogen) atoms. The zero-order chi connectivity index (χ0) is 13.1. The number of amides is 1. The van der Waals surface area contributed by atoms with Crippen LogP contribution >= 0.6 is 0 Å². The van der Waals surface area contributed by atoms with Gasteiger partial charge in [0.1, 0.15) is 5.82 Å². The lowest BCUT2D eigenvalue weighted by Gasteiger charge is -2.21. The van der Waals surface area contributed by atoms with Crippen LogP contribution in [0.25, 0.3) is 0 Å². The number of primary amides is 1. The predicted molar refractivity (Wildman–Crippen MR) is 70.0 cm³/mol. The van der Waals surface area contributed by atoms with E-state index in [1.807, 2.05) is 0 Å². The summed E-state index contributed by atoms with van der Waals surface area (Å²) >= 11 is 0. The van der Waals surface area contributed by atoms with Gasteiger partial charge in [-0.25, -0.2) is 4.39 Å². The number of rotatable bonds is 4. The highest BCUT2D eigenvalue weighted by atomic mass is 19.1. The first kappa shape index (κ1) is 12.9.